The molecule has 0 bridgehead atoms. The molecule has 0 aliphatic carbocycles. The van der Waals surface area contributed by atoms with Crippen LogP contribution in [0, 0.1) is 0 Å². The van der Waals surface area contributed by atoms with E-state index in [0.29, 0.717) is 12.8 Å². The molecule has 0 radical (unpaired) electrons. The van der Waals surface area contributed by atoms with Crippen LogP contribution in [0.1, 0.15) is 181 Å². The summed E-state index contributed by atoms with van der Waals surface area (Å²) in [6, 6.07) is 0. The lowest BCUT2D eigenvalue weighted by atomic mass is 9.99. The molecule has 6 unspecified atom stereocenters. The standard InChI is InChI=1S/C45H80O10/c1-3-5-7-9-11-13-15-16-17-18-19-20-21-22-24-26-28-30-32-34-41(48)54-38(37-53-45-44(51)43(50)42(49)39(35-46)55-45)36-52-40(47)33-31-29-27-25-23-14-12-10-8-6-4-2/h10-13,16-17,38-39,42-46,49-51H,3-9,14-15,18-37H2,1-2H3/b12-10-,13-11-,17-16-. The van der Waals surface area contributed by atoms with Crippen LogP contribution in [0.25, 0.3) is 0 Å². The van der Waals surface area contributed by atoms with Crippen molar-refractivity contribution in [3.63, 3.8) is 0 Å². The van der Waals surface area contributed by atoms with Crippen molar-refractivity contribution in [2.45, 2.75) is 218 Å². The van der Waals surface area contributed by atoms with Crippen molar-refractivity contribution in [2.75, 3.05) is 19.8 Å². The number of rotatable bonds is 36. The molecule has 1 heterocycles. The first-order chi connectivity index (χ1) is 26.8. The topological polar surface area (TPSA) is 152 Å². The van der Waals surface area contributed by atoms with Gasteiger partial charge in [-0.3, -0.25) is 9.59 Å². The highest BCUT2D eigenvalue weighted by Crippen LogP contribution is 2.22. The van der Waals surface area contributed by atoms with Gasteiger partial charge in [-0.25, -0.2) is 0 Å². The molecule has 1 aliphatic rings. The van der Waals surface area contributed by atoms with Gasteiger partial charge < -0.3 is 39.4 Å². The number of aliphatic hydroxyl groups is 4. The predicted molar refractivity (Wildman–Crippen MR) is 219 cm³/mol. The van der Waals surface area contributed by atoms with Crippen molar-refractivity contribution in [3.05, 3.63) is 36.5 Å². The first-order valence-corrected chi connectivity index (χ1v) is 22.1. The number of unbranched alkanes of at least 4 members (excludes halogenated alkanes) is 19. The van der Waals surface area contributed by atoms with Gasteiger partial charge in [-0.05, 0) is 64.2 Å². The maximum absolute atomic E-state index is 12.8. The van der Waals surface area contributed by atoms with E-state index in [-0.39, 0.29) is 32.0 Å². The van der Waals surface area contributed by atoms with Gasteiger partial charge in [0.2, 0.25) is 0 Å². The summed E-state index contributed by atoms with van der Waals surface area (Å²) in [5.74, 6) is -0.822. The van der Waals surface area contributed by atoms with E-state index in [0.717, 1.165) is 70.6 Å². The molecule has 0 amide bonds. The van der Waals surface area contributed by atoms with Crippen LogP contribution in [0.5, 0.6) is 0 Å². The van der Waals surface area contributed by atoms with E-state index in [1.165, 1.54) is 70.6 Å². The fourth-order valence-corrected chi connectivity index (χ4v) is 6.43. The van der Waals surface area contributed by atoms with E-state index in [1.807, 2.05) is 0 Å². The molecule has 10 heteroatoms. The third-order valence-electron chi connectivity index (χ3n) is 10.00. The molecule has 6 atom stereocenters. The van der Waals surface area contributed by atoms with E-state index < -0.39 is 49.4 Å². The SMILES string of the molecule is CCCC/C=C\CCCCCCCC(=O)OCC(COC1OC(CO)C(O)C(O)C1O)OC(=O)CCCCCCCCCCC/C=C\C/C=C\CCCCC. The summed E-state index contributed by atoms with van der Waals surface area (Å²) in [5.41, 5.74) is 0. The van der Waals surface area contributed by atoms with E-state index >= 15 is 0 Å². The van der Waals surface area contributed by atoms with Crippen LogP contribution in [0.15, 0.2) is 36.5 Å². The van der Waals surface area contributed by atoms with Crippen molar-refractivity contribution in [1.82, 2.24) is 0 Å². The Morgan fingerprint density at radius 3 is 1.58 bits per heavy atom. The number of hydrogen-bond donors (Lipinski definition) is 4. The normalized spacial score (nSPS) is 20.9. The number of aliphatic hydroxyl groups excluding tert-OH is 4. The Kier molecular flexibility index (Phi) is 33.6. The second kappa shape index (κ2) is 36.3. The quantitative estimate of drug-likeness (QED) is 0.0275. The zero-order chi connectivity index (χ0) is 40.2. The van der Waals surface area contributed by atoms with Gasteiger partial charge in [0.1, 0.15) is 31.0 Å². The lowest BCUT2D eigenvalue weighted by Gasteiger charge is -2.39. The Hall–Kier alpha value is -2.08. The number of allylic oxidation sites excluding steroid dienone is 6. The summed E-state index contributed by atoms with van der Waals surface area (Å²) >= 11 is 0. The molecule has 4 N–H and O–H groups in total. The van der Waals surface area contributed by atoms with Crippen molar-refractivity contribution < 1.29 is 49.0 Å². The Labute approximate surface area is 334 Å². The number of hydrogen-bond acceptors (Lipinski definition) is 10. The van der Waals surface area contributed by atoms with Crippen molar-refractivity contribution in [2.24, 2.45) is 0 Å². The average Bonchev–Trinajstić information content (AvgIpc) is 3.18. The van der Waals surface area contributed by atoms with Gasteiger partial charge in [0.05, 0.1) is 13.2 Å². The molecule has 1 fully saturated rings. The van der Waals surface area contributed by atoms with Crippen molar-refractivity contribution in [3.8, 4) is 0 Å². The van der Waals surface area contributed by atoms with Gasteiger partial charge in [0.25, 0.3) is 0 Å². The summed E-state index contributed by atoms with van der Waals surface area (Å²) in [7, 11) is 0. The Morgan fingerprint density at radius 2 is 1.04 bits per heavy atom. The molecule has 0 spiro atoms. The number of esters is 2. The van der Waals surface area contributed by atoms with Crippen LogP contribution < -0.4 is 0 Å². The molecule has 320 valence electrons. The predicted octanol–water partition coefficient (Wildman–Crippen LogP) is 9.11. The summed E-state index contributed by atoms with van der Waals surface area (Å²) in [4.78, 5) is 25.3. The fourth-order valence-electron chi connectivity index (χ4n) is 6.43. The van der Waals surface area contributed by atoms with Crippen LogP contribution in [0.4, 0.5) is 0 Å². The molecule has 0 aromatic heterocycles. The molecule has 0 saturated carbocycles. The molecule has 1 aliphatic heterocycles. The van der Waals surface area contributed by atoms with Gasteiger partial charge in [-0.1, -0.05) is 140 Å². The lowest BCUT2D eigenvalue weighted by Crippen LogP contribution is -2.59. The second-order valence-electron chi connectivity index (χ2n) is 15.1. The van der Waals surface area contributed by atoms with Gasteiger partial charge in [-0.15, -0.1) is 0 Å². The molecular weight excluding hydrogens is 700 g/mol. The van der Waals surface area contributed by atoms with E-state index in [4.69, 9.17) is 18.9 Å². The van der Waals surface area contributed by atoms with E-state index in [2.05, 4.69) is 50.3 Å². The molecular formula is C45H80O10. The Balaban J connectivity index is 2.32. The van der Waals surface area contributed by atoms with Gasteiger partial charge >= 0.3 is 11.9 Å². The second-order valence-corrected chi connectivity index (χ2v) is 15.1. The summed E-state index contributed by atoms with van der Waals surface area (Å²) in [6.45, 7) is 3.34. The third kappa shape index (κ3) is 28.0. The number of ether oxygens (including phenoxy) is 4. The van der Waals surface area contributed by atoms with Crippen molar-refractivity contribution in [1.29, 1.82) is 0 Å². The maximum atomic E-state index is 12.8. The highest BCUT2D eigenvalue weighted by atomic mass is 16.7. The minimum atomic E-state index is -1.60. The minimum Gasteiger partial charge on any atom is -0.462 e. The first kappa shape index (κ1) is 50.9. The third-order valence-corrected chi connectivity index (χ3v) is 10.00. The van der Waals surface area contributed by atoms with Crippen LogP contribution in [-0.4, -0.2) is 89.0 Å². The first-order valence-electron chi connectivity index (χ1n) is 22.1. The van der Waals surface area contributed by atoms with Gasteiger partial charge in [-0.2, -0.15) is 0 Å². The van der Waals surface area contributed by atoms with Crippen LogP contribution in [-0.2, 0) is 28.5 Å². The van der Waals surface area contributed by atoms with E-state index in [1.54, 1.807) is 0 Å². The summed E-state index contributed by atoms with van der Waals surface area (Å²) < 4.78 is 22.1. The summed E-state index contributed by atoms with van der Waals surface area (Å²) in [6.07, 6.45) is 32.9. The van der Waals surface area contributed by atoms with Crippen LogP contribution >= 0.6 is 0 Å². The number of carbonyl (C=O) groups excluding carboxylic acids is 2. The zero-order valence-electron chi connectivity index (χ0n) is 34.7. The molecule has 1 rings (SSSR count). The largest absolute Gasteiger partial charge is 0.462 e. The Bertz CT molecular complexity index is 996. The molecule has 10 nitrogen and oxygen atoms in total. The molecule has 0 aromatic rings. The fraction of sp³-hybridized carbons (Fsp3) is 0.822. The van der Waals surface area contributed by atoms with Crippen LogP contribution in [0.2, 0.25) is 0 Å². The zero-order valence-corrected chi connectivity index (χ0v) is 34.7. The van der Waals surface area contributed by atoms with Crippen molar-refractivity contribution >= 4 is 11.9 Å². The number of carbonyl (C=O) groups is 2. The monoisotopic (exact) mass is 781 g/mol. The molecule has 1 saturated heterocycles. The molecule has 0 aromatic carbocycles. The minimum absolute atomic E-state index is 0.223. The Morgan fingerprint density at radius 1 is 0.564 bits per heavy atom. The van der Waals surface area contributed by atoms with Crippen LogP contribution in [0.3, 0.4) is 0 Å². The summed E-state index contributed by atoms with van der Waals surface area (Å²) in [5, 5.41) is 40.0. The lowest BCUT2D eigenvalue weighted by molar-refractivity contribution is -0.305. The van der Waals surface area contributed by atoms with Gasteiger partial charge in [0, 0.05) is 12.8 Å². The maximum Gasteiger partial charge on any atom is 0.306 e. The highest BCUT2D eigenvalue weighted by Gasteiger charge is 2.44. The van der Waals surface area contributed by atoms with E-state index in [9.17, 15) is 30.0 Å². The van der Waals surface area contributed by atoms with Gasteiger partial charge in [0.15, 0.2) is 12.4 Å². The highest BCUT2D eigenvalue weighted by molar-refractivity contribution is 5.70. The smallest absolute Gasteiger partial charge is 0.306 e. The average molecular weight is 781 g/mol. The molecule has 55 heavy (non-hydrogen) atoms.